The van der Waals surface area contributed by atoms with Gasteiger partial charge in [0.2, 0.25) is 0 Å². The minimum atomic E-state index is -0.194. The van der Waals surface area contributed by atoms with Crippen LogP contribution in [0.4, 0.5) is 0 Å². The van der Waals surface area contributed by atoms with Crippen LogP contribution in [0.3, 0.4) is 0 Å². The van der Waals surface area contributed by atoms with E-state index in [0.717, 1.165) is 38.8 Å². The highest BCUT2D eigenvalue weighted by atomic mass is 32.2. The summed E-state index contributed by atoms with van der Waals surface area (Å²) in [5.74, 6) is 0.0106. The molecule has 37 heavy (non-hydrogen) atoms. The van der Waals surface area contributed by atoms with E-state index in [1.165, 1.54) is 22.9 Å². The number of imidazole rings is 1. The van der Waals surface area contributed by atoms with Gasteiger partial charge in [0.05, 0.1) is 46.6 Å². The van der Waals surface area contributed by atoms with Crippen LogP contribution in [0.15, 0.2) is 89.1 Å². The van der Waals surface area contributed by atoms with Crippen molar-refractivity contribution < 1.29 is 4.79 Å². The number of para-hydroxylation sites is 3. The van der Waals surface area contributed by atoms with Gasteiger partial charge in [-0.3, -0.25) is 4.79 Å². The summed E-state index contributed by atoms with van der Waals surface area (Å²) < 4.78 is 4.04. The molecule has 0 spiro atoms. The predicted molar refractivity (Wildman–Crippen MR) is 150 cm³/mol. The minimum absolute atomic E-state index is 0.194. The molecule has 8 heteroatoms. The summed E-state index contributed by atoms with van der Waals surface area (Å²) in [6, 6.07) is 26.5. The number of amides is 1. The Morgan fingerprint density at radius 3 is 2.49 bits per heavy atom. The van der Waals surface area contributed by atoms with Crippen molar-refractivity contribution in [1.29, 1.82) is 0 Å². The Morgan fingerprint density at radius 2 is 1.70 bits per heavy atom. The van der Waals surface area contributed by atoms with E-state index in [4.69, 9.17) is 4.98 Å². The summed E-state index contributed by atoms with van der Waals surface area (Å²) in [7, 11) is 0. The van der Waals surface area contributed by atoms with Gasteiger partial charge in [-0.25, -0.2) is 15.1 Å². The number of hydrogen-bond donors (Lipinski definition) is 1. The fraction of sp³-hybridized carbons (Fsp3) is 0.172. The first kappa shape index (κ1) is 24.5. The molecular weight excluding hydrogens is 480 g/mol. The predicted octanol–water partition coefficient (Wildman–Crippen LogP) is 5.44. The number of hydrazone groups is 1. The van der Waals surface area contributed by atoms with Crippen molar-refractivity contribution in [2.24, 2.45) is 5.10 Å². The Morgan fingerprint density at radius 1 is 0.973 bits per heavy atom. The molecule has 0 unspecified atom stereocenters. The van der Waals surface area contributed by atoms with Crippen molar-refractivity contribution in [1.82, 2.24) is 24.8 Å². The number of aromatic nitrogens is 4. The van der Waals surface area contributed by atoms with Crippen molar-refractivity contribution in [3.63, 3.8) is 0 Å². The van der Waals surface area contributed by atoms with E-state index in [-0.39, 0.29) is 11.7 Å². The zero-order valence-electron chi connectivity index (χ0n) is 21.0. The zero-order valence-corrected chi connectivity index (χ0v) is 21.9. The van der Waals surface area contributed by atoms with Crippen molar-refractivity contribution >= 4 is 34.9 Å². The van der Waals surface area contributed by atoms with Crippen molar-refractivity contribution in [3.8, 4) is 5.69 Å². The average molecular weight is 509 g/mol. The molecule has 1 amide bonds. The molecule has 0 atom stereocenters. The number of rotatable bonds is 8. The molecule has 0 aliphatic rings. The van der Waals surface area contributed by atoms with Gasteiger partial charge in [-0.2, -0.15) is 10.2 Å². The number of hydrogen-bond acceptors (Lipinski definition) is 5. The lowest BCUT2D eigenvalue weighted by Gasteiger charge is -2.09. The quantitative estimate of drug-likeness (QED) is 0.172. The molecule has 0 aliphatic carbocycles. The lowest BCUT2D eigenvalue weighted by molar-refractivity contribution is -0.118. The topological polar surface area (TPSA) is 77.1 Å². The molecular formula is C29H28N6OS. The molecule has 186 valence electrons. The first-order chi connectivity index (χ1) is 18.0. The van der Waals surface area contributed by atoms with Gasteiger partial charge >= 0.3 is 0 Å². The van der Waals surface area contributed by atoms with Crippen molar-refractivity contribution in [3.05, 3.63) is 107 Å². The van der Waals surface area contributed by atoms with Gasteiger partial charge in [-0.1, -0.05) is 71.9 Å². The van der Waals surface area contributed by atoms with E-state index >= 15 is 0 Å². The van der Waals surface area contributed by atoms with Crippen LogP contribution < -0.4 is 5.43 Å². The van der Waals surface area contributed by atoms with Crippen molar-refractivity contribution in [2.45, 2.75) is 32.5 Å². The van der Waals surface area contributed by atoms with Crippen LogP contribution in [-0.2, 0) is 11.3 Å². The third kappa shape index (κ3) is 5.49. The number of nitrogens with zero attached hydrogens (tertiary/aromatic N) is 5. The number of fused-ring (bicyclic) bond motifs is 1. The summed E-state index contributed by atoms with van der Waals surface area (Å²) in [5.41, 5.74) is 10.7. The van der Waals surface area contributed by atoms with Crippen LogP contribution in [0.2, 0.25) is 0 Å². The Bertz CT molecular complexity index is 1570. The summed E-state index contributed by atoms with van der Waals surface area (Å²) in [6.45, 7) is 6.69. The number of nitrogens with one attached hydrogen (secondary N) is 1. The highest BCUT2D eigenvalue weighted by Crippen LogP contribution is 2.25. The summed E-state index contributed by atoms with van der Waals surface area (Å²) >= 11 is 1.41. The maximum absolute atomic E-state index is 12.6. The maximum atomic E-state index is 12.6. The van der Waals surface area contributed by atoms with E-state index in [1.54, 1.807) is 6.21 Å². The van der Waals surface area contributed by atoms with Gasteiger partial charge in [0, 0.05) is 5.56 Å². The van der Waals surface area contributed by atoms with E-state index in [1.807, 2.05) is 67.1 Å². The van der Waals surface area contributed by atoms with Crippen LogP contribution in [0, 0.1) is 20.8 Å². The van der Waals surface area contributed by atoms with Gasteiger partial charge in [0.1, 0.15) is 0 Å². The Labute approximate surface area is 220 Å². The van der Waals surface area contributed by atoms with Crippen LogP contribution in [0.5, 0.6) is 0 Å². The maximum Gasteiger partial charge on any atom is 0.250 e. The highest BCUT2D eigenvalue weighted by Gasteiger charge is 2.14. The molecule has 0 radical (unpaired) electrons. The second-order valence-electron chi connectivity index (χ2n) is 8.87. The molecule has 3 aromatic carbocycles. The number of thioether (sulfide) groups is 1. The lowest BCUT2D eigenvalue weighted by atomic mass is 10.1. The Balaban J connectivity index is 1.26. The zero-order chi connectivity index (χ0) is 25.8. The molecule has 2 aromatic heterocycles. The molecule has 0 saturated carbocycles. The first-order valence-electron chi connectivity index (χ1n) is 12.1. The monoisotopic (exact) mass is 508 g/mol. The molecule has 5 aromatic rings. The minimum Gasteiger partial charge on any atom is -0.314 e. The van der Waals surface area contributed by atoms with Gasteiger partial charge < -0.3 is 4.57 Å². The smallest absolute Gasteiger partial charge is 0.250 e. The van der Waals surface area contributed by atoms with Crippen molar-refractivity contribution in [2.75, 3.05) is 5.75 Å². The average Bonchev–Trinajstić information content (AvgIpc) is 3.41. The molecule has 7 nitrogen and oxygen atoms in total. The standard InChI is InChI=1S/C29H28N6OS/c1-20-13-15-23(16-14-20)18-34-27-12-8-7-11-26(27)31-29(34)37-19-28(36)32-30-17-25-21(2)33-35(22(25)3)24-9-5-4-6-10-24/h4-17H,18-19H2,1-3H3,(H,32,36). The molecule has 1 N–H and O–H groups in total. The summed E-state index contributed by atoms with van der Waals surface area (Å²) in [5, 5.41) is 9.63. The van der Waals surface area contributed by atoms with Crippen LogP contribution >= 0.6 is 11.8 Å². The number of carbonyl (C=O) groups is 1. The third-order valence-corrected chi connectivity index (χ3v) is 7.12. The fourth-order valence-electron chi connectivity index (χ4n) is 4.19. The second-order valence-corrected chi connectivity index (χ2v) is 9.81. The van der Waals surface area contributed by atoms with Gasteiger partial charge in [-0.05, 0) is 50.6 Å². The number of carbonyl (C=O) groups excluding carboxylic acids is 1. The normalized spacial score (nSPS) is 11.4. The van der Waals surface area contributed by atoms with Crippen LogP contribution in [0.1, 0.15) is 28.1 Å². The van der Waals surface area contributed by atoms with E-state index in [0.29, 0.717) is 6.54 Å². The third-order valence-electron chi connectivity index (χ3n) is 6.14. The molecule has 2 heterocycles. The first-order valence-corrected chi connectivity index (χ1v) is 13.1. The molecule has 0 saturated heterocycles. The summed E-state index contributed by atoms with van der Waals surface area (Å²) in [4.78, 5) is 17.4. The second kappa shape index (κ2) is 10.8. The SMILES string of the molecule is Cc1ccc(Cn2c(SCC(=O)NN=Cc3c(C)nn(-c4ccccc4)c3C)nc3ccccc32)cc1. The molecule has 0 bridgehead atoms. The molecule has 0 fully saturated rings. The van der Waals surface area contributed by atoms with Gasteiger partial charge in [0.25, 0.3) is 5.91 Å². The molecule has 0 aliphatic heterocycles. The Kier molecular flexibility index (Phi) is 7.18. The van der Waals surface area contributed by atoms with E-state index in [2.05, 4.69) is 57.4 Å². The largest absolute Gasteiger partial charge is 0.314 e. The molecule has 5 rings (SSSR count). The van der Waals surface area contributed by atoms with Gasteiger partial charge in [-0.15, -0.1) is 0 Å². The fourth-order valence-corrected chi connectivity index (χ4v) is 4.99. The van der Waals surface area contributed by atoms with E-state index < -0.39 is 0 Å². The van der Waals surface area contributed by atoms with E-state index in [9.17, 15) is 4.79 Å². The van der Waals surface area contributed by atoms with Gasteiger partial charge in [0.15, 0.2) is 5.16 Å². The lowest BCUT2D eigenvalue weighted by Crippen LogP contribution is -2.20. The Hall–Kier alpha value is -4.17. The summed E-state index contributed by atoms with van der Waals surface area (Å²) in [6.07, 6.45) is 1.66. The highest BCUT2D eigenvalue weighted by molar-refractivity contribution is 7.99. The van der Waals surface area contributed by atoms with Crippen LogP contribution in [-0.4, -0.2) is 37.2 Å². The van der Waals surface area contributed by atoms with Crippen LogP contribution in [0.25, 0.3) is 16.7 Å². The number of aryl methyl sites for hydroxylation is 2. The number of benzene rings is 3.